The third kappa shape index (κ3) is 8.68. The van der Waals surface area contributed by atoms with Crippen molar-refractivity contribution in [3.63, 3.8) is 0 Å². The van der Waals surface area contributed by atoms with Crippen molar-refractivity contribution in [3.05, 3.63) is 0 Å². The van der Waals surface area contributed by atoms with Gasteiger partial charge in [0.15, 0.2) is 16.6 Å². The highest BCUT2D eigenvalue weighted by molar-refractivity contribution is 7.90. The summed E-state index contributed by atoms with van der Waals surface area (Å²) in [4.78, 5) is 13.6. The quantitative estimate of drug-likeness (QED) is 0.140. The summed E-state index contributed by atoms with van der Waals surface area (Å²) in [5.41, 5.74) is 0. The molecule has 7 nitrogen and oxygen atoms in total. The molecule has 0 aromatic heterocycles. The van der Waals surface area contributed by atoms with Crippen LogP contribution in [0.1, 0.15) is 19.3 Å². The van der Waals surface area contributed by atoms with Gasteiger partial charge in [0, 0.05) is 32.6 Å². The molecule has 0 aromatic rings. The number of rotatable bonds is 13. The first-order valence-corrected chi connectivity index (χ1v) is 23.2. The number of piperazine rings is 1. The lowest BCUT2D eigenvalue weighted by molar-refractivity contribution is -0.382. The Morgan fingerprint density at radius 1 is 0.750 bits per heavy atom. The molecule has 0 bridgehead atoms. The molecule has 0 spiro atoms. The summed E-state index contributed by atoms with van der Waals surface area (Å²) >= 11 is 0. The summed E-state index contributed by atoms with van der Waals surface area (Å²) in [6, 6.07) is 0.712. The number of nitrogens with zero attached hydrogens (tertiary/aromatic N) is 2. The van der Waals surface area contributed by atoms with Gasteiger partial charge in [-0.25, -0.2) is 8.42 Å². The summed E-state index contributed by atoms with van der Waals surface area (Å²) in [5, 5.41) is -6.78. The number of alkyl halides is 9. The van der Waals surface area contributed by atoms with Crippen LogP contribution in [0.4, 0.5) is 39.5 Å². The summed E-state index contributed by atoms with van der Waals surface area (Å²) in [6.07, 6.45) is -6.09. The molecule has 238 valence electrons. The molecule has 1 aliphatic rings. The second-order valence-electron chi connectivity index (χ2n) is 11.6. The van der Waals surface area contributed by atoms with Gasteiger partial charge in [0.25, 0.3) is 10.0 Å². The number of carbonyl (C=O) groups is 1. The number of halogens is 9. The van der Waals surface area contributed by atoms with Crippen molar-refractivity contribution in [2.75, 3.05) is 26.2 Å². The highest BCUT2D eigenvalue weighted by Crippen LogP contribution is 2.55. The molecule has 0 aliphatic carbocycles. The molecule has 0 aromatic carbocycles. The van der Waals surface area contributed by atoms with E-state index in [0.717, 1.165) is 4.90 Å². The molecule has 0 atom stereocenters. The van der Waals surface area contributed by atoms with Crippen LogP contribution in [0.25, 0.3) is 0 Å². The van der Waals surface area contributed by atoms with Crippen LogP contribution in [0.3, 0.4) is 0 Å². The third-order valence-electron chi connectivity index (χ3n) is 5.86. The van der Waals surface area contributed by atoms with E-state index in [1.165, 1.54) is 0 Å². The van der Waals surface area contributed by atoms with Gasteiger partial charge in [-0.15, -0.1) is 0 Å². The summed E-state index contributed by atoms with van der Waals surface area (Å²) in [7, 11) is -13.0. The van der Waals surface area contributed by atoms with Gasteiger partial charge in [0.1, 0.15) is 0 Å². The van der Waals surface area contributed by atoms with Crippen LogP contribution >= 0.6 is 0 Å². The van der Waals surface area contributed by atoms with Crippen LogP contribution in [-0.2, 0) is 23.0 Å². The van der Waals surface area contributed by atoms with Crippen molar-refractivity contribution in [1.29, 1.82) is 0 Å². The molecule has 1 fully saturated rings. The minimum absolute atomic E-state index is 0.00942. The normalized spacial score (nSPS) is 17.9. The summed E-state index contributed by atoms with van der Waals surface area (Å²) < 4.78 is 155. The van der Waals surface area contributed by atoms with Gasteiger partial charge < -0.3 is 13.1 Å². The van der Waals surface area contributed by atoms with Crippen LogP contribution in [0.2, 0.25) is 51.9 Å². The number of amides is 1. The zero-order valence-corrected chi connectivity index (χ0v) is 27.2. The largest absolute Gasteiger partial charge is 0.460 e. The first-order valence-electron chi connectivity index (χ1n) is 12.4. The minimum Gasteiger partial charge on any atom is -0.437 e. The van der Waals surface area contributed by atoms with Gasteiger partial charge in [-0.1, -0.05) is 6.42 Å². The molecule has 20 heteroatoms. The Hall–Kier alpha value is -0.679. The zero-order chi connectivity index (χ0) is 31.8. The molecule has 1 aliphatic heterocycles. The highest BCUT2D eigenvalue weighted by Gasteiger charge is 2.85. The second kappa shape index (κ2) is 12.1. The van der Waals surface area contributed by atoms with Crippen molar-refractivity contribution in [3.8, 4) is 0 Å². The van der Waals surface area contributed by atoms with E-state index in [-0.39, 0.29) is 10.7 Å². The van der Waals surface area contributed by atoms with Crippen molar-refractivity contribution in [1.82, 2.24) is 9.21 Å². The smallest absolute Gasteiger partial charge is 0.437 e. The third-order valence-corrected chi connectivity index (χ3v) is 18.0. The highest BCUT2D eigenvalue weighted by atomic mass is 32.2. The molecular weight excluding hydrogens is 636 g/mol. The fourth-order valence-corrected chi connectivity index (χ4v) is 19.0. The lowest BCUT2D eigenvalue weighted by Gasteiger charge is -2.39. The standard InChI is InChI=1S/C20H37F9N2O5SSi3/c1-38(2,3)35-40(6,7)36-39(4,5)15-9-8-10-16(32)30-11-13-31(14-12-30)37(33,34)20(28,29)18(23,24)17(21,22)19(25,26)27/h8-15H2,1-7H3. The van der Waals surface area contributed by atoms with E-state index in [4.69, 9.17) is 8.23 Å². The Balaban J connectivity index is 2.70. The van der Waals surface area contributed by atoms with Gasteiger partial charge >= 0.3 is 31.8 Å². The van der Waals surface area contributed by atoms with Gasteiger partial charge in [-0.2, -0.15) is 43.8 Å². The van der Waals surface area contributed by atoms with Crippen molar-refractivity contribution in [2.24, 2.45) is 0 Å². The molecule has 0 unspecified atom stereocenters. The lowest BCUT2D eigenvalue weighted by Crippen LogP contribution is -2.66. The first kappa shape index (κ1) is 37.3. The monoisotopic (exact) mass is 672 g/mol. The van der Waals surface area contributed by atoms with Gasteiger partial charge in [0.05, 0.1) is 0 Å². The van der Waals surface area contributed by atoms with E-state index in [0.29, 0.717) is 18.9 Å². The zero-order valence-electron chi connectivity index (χ0n) is 23.4. The Bertz CT molecular complexity index is 999. The Morgan fingerprint density at radius 2 is 1.23 bits per heavy atom. The maximum absolute atomic E-state index is 14.1. The summed E-state index contributed by atoms with van der Waals surface area (Å²) in [5.74, 6) is -15.1. The molecule has 1 saturated heterocycles. The minimum atomic E-state index is -7.32. The number of sulfonamides is 1. The number of hydrogen-bond donors (Lipinski definition) is 0. The number of unbranched alkanes of at least 4 members (excludes halogenated alkanes) is 1. The molecule has 0 N–H and O–H groups in total. The molecule has 0 radical (unpaired) electrons. The molecule has 0 saturated carbocycles. The predicted octanol–water partition coefficient (Wildman–Crippen LogP) is 5.83. The first-order chi connectivity index (χ1) is 17.5. The number of hydrogen-bond acceptors (Lipinski definition) is 5. The van der Waals surface area contributed by atoms with Crippen LogP contribution in [0, 0.1) is 0 Å². The molecule has 40 heavy (non-hydrogen) atoms. The SMILES string of the molecule is C[Si](C)(C)O[Si](C)(C)O[Si](C)(C)CCCCC(=O)N1CCN(S(=O)(=O)C(F)(F)C(F)(F)C(F)(F)C(F)(F)F)CC1. The summed E-state index contributed by atoms with van der Waals surface area (Å²) in [6.45, 7) is 11.2. The number of carbonyl (C=O) groups excluding carboxylic acids is 1. The van der Waals surface area contributed by atoms with E-state index in [1.54, 1.807) is 0 Å². The van der Waals surface area contributed by atoms with Crippen LogP contribution in [0.5, 0.6) is 0 Å². The fraction of sp³-hybridized carbons (Fsp3) is 0.950. The molecular formula is C20H37F9N2O5SSi3. The van der Waals surface area contributed by atoms with E-state index >= 15 is 0 Å². The second-order valence-corrected chi connectivity index (χ2v) is 26.3. The van der Waals surface area contributed by atoms with Crippen molar-refractivity contribution >= 4 is 41.1 Å². The van der Waals surface area contributed by atoms with E-state index in [1.807, 2.05) is 26.2 Å². The van der Waals surface area contributed by atoms with E-state index in [2.05, 4.69) is 19.6 Å². The van der Waals surface area contributed by atoms with Crippen LogP contribution in [0.15, 0.2) is 0 Å². The maximum atomic E-state index is 14.1. The van der Waals surface area contributed by atoms with E-state index < -0.39 is 90.6 Å². The molecule has 1 rings (SSSR count). The van der Waals surface area contributed by atoms with Gasteiger partial charge in [-0.05, 0) is 58.3 Å². The predicted molar refractivity (Wildman–Crippen MR) is 137 cm³/mol. The van der Waals surface area contributed by atoms with Crippen LogP contribution < -0.4 is 0 Å². The maximum Gasteiger partial charge on any atom is 0.460 e. The Labute approximate surface area is 231 Å². The van der Waals surface area contributed by atoms with E-state index in [9.17, 15) is 52.7 Å². The Morgan fingerprint density at radius 3 is 1.65 bits per heavy atom. The molecule has 1 heterocycles. The fourth-order valence-electron chi connectivity index (χ4n) is 4.32. The van der Waals surface area contributed by atoms with Gasteiger partial charge in [0.2, 0.25) is 5.91 Å². The van der Waals surface area contributed by atoms with Crippen molar-refractivity contribution in [2.45, 2.75) is 94.4 Å². The lowest BCUT2D eigenvalue weighted by atomic mass is 10.1. The van der Waals surface area contributed by atoms with Crippen molar-refractivity contribution < 1.29 is 61.0 Å². The Kier molecular flexibility index (Phi) is 11.3. The topological polar surface area (TPSA) is 76.2 Å². The average molecular weight is 673 g/mol. The average Bonchev–Trinajstić information content (AvgIpc) is 2.72. The van der Waals surface area contributed by atoms with Gasteiger partial charge in [-0.3, -0.25) is 4.79 Å². The van der Waals surface area contributed by atoms with Crippen LogP contribution in [-0.4, -0.2) is 98.2 Å². The molecule has 1 amide bonds.